The highest BCUT2D eigenvalue weighted by Gasteiger charge is 2.39. The molecule has 0 heterocycles. The third-order valence-electron chi connectivity index (χ3n) is 4.99. The van der Waals surface area contributed by atoms with Gasteiger partial charge >= 0.3 is 0 Å². The zero-order valence-corrected chi connectivity index (χ0v) is 12.2. The predicted octanol–water partition coefficient (Wildman–Crippen LogP) is 4.44. The van der Waals surface area contributed by atoms with E-state index in [4.69, 9.17) is 11.6 Å². The molecule has 3 heteroatoms. The van der Waals surface area contributed by atoms with E-state index in [1.165, 1.54) is 31.7 Å². The second-order valence-corrected chi connectivity index (χ2v) is 6.49. The molecule has 2 fully saturated rings. The molecule has 19 heavy (non-hydrogen) atoms. The molecule has 3 rings (SSSR count). The lowest BCUT2D eigenvalue weighted by atomic mass is 9.88. The molecule has 0 aromatic heterocycles. The quantitative estimate of drug-likeness (QED) is 0.738. The number of rotatable bonds is 4. The molecule has 0 amide bonds. The monoisotopic (exact) mass is 281 g/mol. The average Bonchev–Trinajstić information content (AvgIpc) is 3.00. The number of hydrogen-bond acceptors (Lipinski definition) is 1. The summed E-state index contributed by atoms with van der Waals surface area (Å²) in [6.07, 6.45) is 5.67. The molecule has 0 spiro atoms. The second-order valence-electron chi connectivity index (χ2n) is 6.22. The van der Waals surface area contributed by atoms with Gasteiger partial charge in [-0.15, -0.1) is 11.6 Å². The molecule has 1 aromatic rings. The molecular formula is C16H21ClFN. The maximum Gasteiger partial charge on any atom is 0.123 e. The van der Waals surface area contributed by atoms with Crippen molar-refractivity contribution in [1.82, 2.24) is 0 Å². The Morgan fingerprint density at radius 2 is 2.16 bits per heavy atom. The molecule has 2 aliphatic carbocycles. The highest BCUT2D eigenvalue weighted by Crippen LogP contribution is 2.48. The van der Waals surface area contributed by atoms with Crippen LogP contribution in [-0.4, -0.2) is 13.6 Å². The number of fused-ring (bicyclic) bond motifs is 2. The molecule has 0 saturated heterocycles. The van der Waals surface area contributed by atoms with Gasteiger partial charge in [-0.25, -0.2) is 4.39 Å². The van der Waals surface area contributed by atoms with Gasteiger partial charge in [0.15, 0.2) is 0 Å². The molecular weight excluding hydrogens is 261 g/mol. The first-order valence-corrected chi connectivity index (χ1v) is 7.76. The third-order valence-corrected chi connectivity index (χ3v) is 5.28. The van der Waals surface area contributed by atoms with Crippen LogP contribution in [0.4, 0.5) is 10.1 Å². The minimum absolute atomic E-state index is 0.201. The van der Waals surface area contributed by atoms with Crippen LogP contribution in [0.15, 0.2) is 18.2 Å². The lowest BCUT2D eigenvalue weighted by Gasteiger charge is -2.29. The van der Waals surface area contributed by atoms with Crippen molar-refractivity contribution in [3.8, 4) is 0 Å². The predicted molar refractivity (Wildman–Crippen MR) is 78.2 cm³/mol. The second kappa shape index (κ2) is 5.32. The van der Waals surface area contributed by atoms with Crippen LogP contribution in [0.5, 0.6) is 0 Å². The van der Waals surface area contributed by atoms with E-state index in [2.05, 4.69) is 11.9 Å². The van der Waals surface area contributed by atoms with Crippen molar-refractivity contribution in [3.63, 3.8) is 0 Å². The Hall–Kier alpha value is -0.760. The highest BCUT2D eigenvalue weighted by molar-refractivity contribution is 6.17. The average molecular weight is 282 g/mol. The van der Waals surface area contributed by atoms with Crippen LogP contribution in [-0.2, 0) is 5.88 Å². The largest absolute Gasteiger partial charge is 0.374 e. The first-order chi connectivity index (χ1) is 9.17. The van der Waals surface area contributed by atoms with E-state index < -0.39 is 0 Å². The minimum atomic E-state index is -0.201. The van der Waals surface area contributed by atoms with Gasteiger partial charge in [-0.1, -0.05) is 6.42 Å². The van der Waals surface area contributed by atoms with Gasteiger partial charge < -0.3 is 4.90 Å². The van der Waals surface area contributed by atoms with Crippen molar-refractivity contribution in [3.05, 3.63) is 29.6 Å². The van der Waals surface area contributed by atoms with Gasteiger partial charge in [-0.3, -0.25) is 0 Å². The molecule has 0 N–H and O–H groups in total. The Balaban J connectivity index is 1.71. The molecule has 3 unspecified atom stereocenters. The van der Waals surface area contributed by atoms with Crippen LogP contribution in [0.3, 0.4) is 0 Å². The van der Waals surface area contributed by atoms with Gasteiger partial charge in [0.1, 0.15) is 5.82 Å². The van der Waals surface area contributed by atoms with Crippen molar-refractivity contribution in [1.29, 1.82) is 0 Å². The summed E-state index contributed by atoms with van der Waals surface area (Å²) in [5.41, 5.74) is 1.98. The number of hydrogen-bond donors (Lipinski definition) is 0. The summed E-state index contributed by atoms with van der Waals surface area (Å²) in [4.78, 5) is 2.27. The molecule has 0 aliphatic heterocycles. The van der Waals surface area contributed by atoms with Crippen molar-refractivity contribution in [2.24, 2.45) is 17.8 Å². The topological polar surface area (TPSA) is 3.24 Å². The first-order valence-electron chi connectivity index (χ1n) is 7.23. The van der Waals surface area contributed by atoms with Crippen LogP contribution in [0.2, 0.25) is 0 Å². The van der Waals surface area contributed by atoms with Gasteiger partial charge in [0.25, 0.3) is 0 Å². The summed E-state index contributed by atoms with van der Waals surface area (Å²) in [5.74, 6) is 2.88. The number of alkyl halides is 1. The van der Waals surface area contributed by atoms with Crippen molar-refractivity contribution >= 4 is 17.3 Å². The summed E-state index contributed by atoms with van der Waals surface area (Å²) in [7, 11) is 2.11. The normalized spacial score (nSPS) is 28.9. The maximum absolute atomic E-state index is 13.2. The SMILES string of the molecule is CN(CC1CC2CCC1C2)c1ccc(F)cc1CCl. The summed E-state index contributed by atoms with van der Waals surface area (Å²) in [5, 5.41) is 0. The zero-order chi connectivity index (χ0) is 13.4. The molecule has 2 aliphatic rings. The molecule has 2 saturated carbocycles. The maximum atomic E-state index is 13.2. The number of benzene rings is 1. The summed E-state index contributed by atoms with van der Waals surface area (Å²) in [6, 6.07) is 4.95. The fraction of sp³-hybridized carbons (Fsp3) is 0.625. The Kier molecular flexibility index (Phi) is 3.70. The van der Waals surface area contributed by atoms with Gasteiger partial charge in [-0.2, -0.15) is 0 Å². The minimum Gasteiger partial charge on any atom is -0.374 e. The van der Waals surface area contributed by atoms with Crippen LogP contribution in [0.25, 0.3) is 0 Å². The molecule has 3 atom stereocenters. The standard InChI is InChI=1S/C16H21ClFN/c1-19(10-14-7-11-2-3-12(14)6-11)16-5-4-15(18)8-13(16)9-17/h4-5,8,11-12,14H,2-3,6-7,9-10H2,1H3. The van der Waals surface area contributed by atoms with Gasteiger partial charge in [0.05, 0.1) is 0 Å². The van der Waals surface area contributed by atoms with E-state index in [1.807, 2.05) is 6.07 Å². The van der Waals surface area contributed by atoms with Gasteiger partial charge in [0.2, 0.25) is 0 Å². The van der Waals surface area contributed by atoms with E-state index in [1.54, 1.807) is 6.07 Å². The van der Waals surface area contributed by atoms with E-state index in [-0.39, 0.29) is 5.82 Å². The fourth-order valence-electron chi connectivity index (χ4n) is 4.08. The molecule has 1 aromatic carbocycles. The van der Waals surface area contributed by atoms with E-state index in [9.17, 15) is 4.39 Å². The Bertz CT molecular complexity index is 462. The molecule has 1 nitrogen and oxygen atoms in total. The Morgan fingerprint density at radius 1 is 1.32 bits per heavy atom. The number of anilines is 1. The fourth-order valence-corrected chi connectivity index (χ4v) is 4.30. The van der Waals surface area contributed by atoms with Crippen LogP contribution in [0.1, 0.15) is 31.2 Å². The lowest BCUT2D eigenvalue weighted by Crippen LogP contribution is -2.29. The molecule has 104 valence electrons. The summed E-state index contributed by atoms with van der Waals surface area (Å²) >= 11 is 5.93. The number of halogens is 2. The zero-order valence-electron chi connectivity index (χ0n) is 11.4. The highest BCUT2D eigenvalue weighted by atomic mass is 35.5. The third kappa shape index (κ3) is 2.60. The Morgan fingerprint density at radius 3 is 2.79 bits per heavy atom. The first kappa shape index (κ1) is 13.2. The molecule has 2 bridgehead atoms. The lowest BCUT2D eigenvalue weighted by molar-refractivity contribution is 0.337. The summed E-state index contributed by atoms with van der Waals surface area (Å²) < 4.78 is 13.2. The van der Waals surface area contributed by atoms with Gasteiger partial charge in [0, 0.05) is 25.2 Å². The van der Waals surface area contributed by atoms with Crippen molar-refractivity contribution in [2.45, 2.75) is 31.6 Å². The smallest absolute Gasteiger partial charge is 0.123 e. The van der Waals surface area contributed by atoms with Crippen LogP contribution < -0.4 is 4.90 Å². The van der Waals surface area contributed by atoms with Crippen LogP contribution in [0, 0.1) is 23.6 Å². The van der Waals surface area contributed by atoms with E-state index in [0.29, 0.717) is 5.88 Å². The molecule has 0 radical (unpaired) electrons. The Labute approximate surface area is 119 Å². The van der Waals surface area contributed by atoms with Gasteiger partial charge in [-0.05, 0) is 60.8 Å². The van der Waals surface area contributed by atoms with E-state index >= 15 is 0 Å². The van der Waals surface area contributed by atoms with Crippen LogP contribution >= 0.6 is 11.6 Å². The van der Waals surface area contributed by atoms with Crippen molar-refractivity contribution in [2.75, 3.05) is 18.5 Å². The van der Waals surface area contributed by atoms with E-state index in [0.717, 1.165) is 35.5 Å². The van der Waals surface area contributed by atoms with Crippen molar-refractivity contribution < 1.29 is 4.39 Å². The summed E-state index contributed by atoms with van der Waals surface area (Å²) in [6.45, 7) is 1.08. The number of nitrogens with zero attached hydrogens (tertiary/aromatic N) is 1.